The number of benzene rings is 1. The fourth-order valence-corrected chi connectivity index (χ4v) is 1.68. The lowest BCUT2D eigenvalue weighted by molar-refractivity contribution is 0.112. The molecule has 13 heavy (non-hydrogen) atoms. The Labute approximate surface area is 79.9 Å². The first-order valence-corrected chi connectivity index (χ1v) is 5.21. The zero-order valence-electron chi connectivity index (χ0n) is 7.44. The van der Waals surface area contributed by atoms with E-state index in [0.717, 1.165) is 6.29 Å². The molecule has 0 aliphatic rings. The summed E-state index contributed by atoms with van der Waals surface area (Å²) in [4.78, 5) is 11.0. The number of rotatable bonds is 3. The Morgan fingerprint density at radius 3 is 2.69 bits per heavy atom. The summed E-state index contributed by atoms with van der Waals surface area (Å²) in [5.41, 5.74) is 0.519. The van der Waals surface area contributed by atoms with Crippen LogP contribution in [0.25, 0.3) is 0 Å². The van der Waals surface area contributed by atoms with Crippen LogP contribution in [0.15, 0.2) is 23.1 Å². The van der Waals surface area contributed by atoms with Crippen LogP contribution >= 0.6 is 0 Å². The Morgan fingerprint density at radius 1 is 1.54 bits per heavy atom. The van der Waals surface area contributed by atoms with Crippen molar-refractivity contribution in [2.45, 2.75) is 4.90 Å². The molecule has 0 radical (unpaired) electrons. The smallest absolute Gasteiger partial charge is 0.194 e. The maximum atomic E-state index is 11.2. The summed E-state index contributed by atoms with van der Waals surface area (Å²) in [5, 5.41) is 0. The molecule has 1 aromatic carbocycles. The van der Waals surface area contributed by atoms with E-state index >= 15 is 0 Å². The summed E-state index contributed by atoms with van der Waals surface area (Å²) in [6.07, 6.45) is 2.29. The minimum atomic E-state index is -1.09. The predicted octanol–water partition coefficient (Wildman–Crippen LogP) is 1.25. The maximum absolute atomic E-state index is 11.2. The van der Waals surface area contributed by atoms with Gasteiger partial charge in [0.05, 0.1) is 7.11 Å². The summed E-state index contributed by atoms with van der Waals surface area (Å²) in [6, 6.07) is 4.83. The summed E-state index contributed by atoms with van der Waals surface area (Å²) < 4.78 is 16.2. The first-order valence-electron chi connectivity index (χ1n) is 3.65. The van der Waals surface area contributed by atoms with Crippen molar-refractivity contribution >= 4 is 17.5 Å². The van der Waals surface area contributed by atoms with Crippen LogP contribution in [0.3, 0.4) is 0 Å². The van der Waals surface area contributed by atoms with E-state index in [1.54, 1.807) is 24.5 Å². The van der Waals surface area contributed by atoms with Gasteiger partial charge in [0.15, 0.2) is 10.6 Å². The lowest BCUT2D eigenvalue weighted by atomic mass is 10.2. The van der Waals surface area contributed by atoms with Crippen LogP contribution in [0.5, 0.6) is 5.75 Å². The monoisotopic (exact) mass is 198 g/mol. The molecule has 0 aliphatic heterocycles. The third-order valence-electron chi connectivity index (χ3n) is 1.63. The van der Waals surface area contributed by atoms with Crippen molar-refractivity contribution in [2.24, 2.45) is 0 Å². The molecule has 0 heterocycles. The molecule has 0 aliphatic carbocycles. The molecule has 0 fully saturated rings. The summed E-state index contributed by atoms with van der Waals surface area (Å²) in [5.74, 6) is 0.491. The average molecular weight is 198 g/mol. The molecule has 0 saturated heterocycles. The third kappa shape index (κ3) is 2.23. The fourth-order valence-electron chi connectivity index (χ4n) is 0.995. The van der Waals surface area contributed by atoms with E-state index < -0.39 is 11.2 Å². The van der Waals surface area contributed by atoms with Gasteiger partial charge < -0.3 is 9.29 Å². The highest BCUT2D eigenvalue weighted by Crippen LogP contribution is 2.23. The number of carbonyl (C=O) groups excluding carboxylic acids is 1. The van der Waals surface area contributed by atoms with Crippen molar-refractivity contribution < 1.29 is 14.1 Å². The second-order valence-electron chi connectivity index (χ2n) is 2.48. The van der Waals surface area contributed by atoms with E-state index in [1.165, 1.54) is 7.11 Å². The molecule has 3 nitrogen and oxygen atoms in total. The molecule has 0 bridgehead atoms. The Hall–Kier alpha value is -1.00. The van der Waals surface area contributed by atoms with Crippen LogP contribution in [0.1, 0.15) is 10.4 Å². The predicted molar refractivity (Wildman–Crippen MR) is 50.7 cm³/mol. The second kappa shape index (κ2) is 4.30. The van der Waals surface area contributed by atoms with Crippen molar-refractivity contribution in [3.63, 3.8) is 0 Å². The van der Waals surface area contributed by atoms with Gasteiger partial charge in [0.25, 0.3) is 0 Å². The quantitative estimate of drug-likeness (QED) is 0.542. The van der Waals surface area contributed by atoms with Gasteiger partial charge in [-0.05, 0) is 29.4 Å². The van der Waals surface area contributed by atoms with Gasteiger partial charge in [0.1, 0.15) is 12.5 Å². The first kappa shape index (κ1) is 10.1. The number of methoxy groups -OCH3 is 1. The van der Waals surface area contributed by atoms with Crippen molar-refractivity contribution in [1.82, 2.24) is 0 Å². The molecule has 0 N–H and O–H groups in total. The topological polar surface area (TPSA) is 49.4 Å². The summed E-state index contributed by atoms with van der Waals surface area (Å²) in [7, 11) is 1.49. The van der Waals surface area contributed by atoms with Crippen molar-refractivity contribution in [2.75, 3.05) is 13.4 Å². The van der Waals surface area contributed by atoms with Crippen LogP contribution in [-0.2, 0) is 11.2 Å². The molecule has 70 valence electrons. The van der Waals surface area contributed by atoms with Crippen LogP contribution in [0.4, 0.5) is 0 Å². The largest absolute Gasteiger partial charge is 0.612 e. The van der Waals surface area contributed by atoms with E-state index in [-0.39, 0.29) is 0 Å². The van der Waals surface area contributed by atoms with E-state index in [4.69, 9.17) is 4.74 Å². The van der Waals surface area contributed by atoms with Crippen molar-refractivity contribution in [3.8, 4) is 5.75 Å². The van der Waals surface area contributed by atoms with Crippen molar-refractivity contribution in [1.29, 1.82) is 0 Å². The van der Waals surface area contributed by atoms with Crippen LogP contribution in [0.2, 0.25) is 0 Å². The standard InChI is InChI=1S/C9H10O3S/c1-12-8-5-7(6-10)3-4-9(8)13(2)11/h3-6H,1-2H3. The highest BCUT2D eigenvalue weighted by Gasteiger charge is 2.12. The Kier molecular flexibility index (Phi) is 3.33. The lowest BCUT2D eigenvalue weighted by Gasteiger charge is -2.08. The number of hydrogen-bond donors (Lipinski definition) is 0. The zero-order chi connectivity index (χ0) is 9.84. The van der Waals surface area contributed by atoms with Crippen LogP contribution in [0, 0.1) is 0 Å². The zero-order valence-corrected chi connectivity index (χ0v) is 8.26. The summed E-state index contributed by atoms with van der Waals surface area (Å²) in [6.45, 7) is 0. The molecular formula is C9H10O3S. The van der Waals surface area contributed by atoms with Gasteiger partial charge in [0, 0.05) is 5.56 Å². The van der Waals surface area contributed by atoms with Gasteiger partial charge in [-0.3, -0.25) is 4.79 Å². The van der Waals surface area contributed by atoms with Gasteiger partial charge in [-0.2, -0.15) is 0 Å². The Morgan fingerprint density at radius 2 is 2.23 bits per heavy atom. The molecule has 1 atom stereocenters. The van der Waals surface area contributed by atoms with Gasteiger partial charge in [-0.1, -0.05) is 0 Å². The Balaban J connectivity index is 3.15. The summed E-state index contributed by atoms with van der Waals surface area (Å²) >= 11 is -1.09. The number of carbonyl (C=O) groups is 1. The molecule has 0 amide bonds. The van der Waals surface area contributed by atoms with Gasteiger partial charge in [-0.15, -0.1) is 0 Å². The second-order valence-corrected chi connectivity index (χ2v) is 3.83. The van der Waals surface area contributed by atoms with E-state index in [1.807, 2.05) is 0 Å². The lowest BCUT2D eigenvalue weighted by Crippen LogP contribution is -2.01. The van der Waals surface area contributed by atoms with E-state index in [2.05, 4.69) is 0 Å². The molecule has 0 aromatic heterocycles. The molecule has 0 spiro atoms. The number of ether oxygens (including phenoxy) is 1. The first-order chi connectivity index (χ1) is 6.19. The van der Waals surface area contributed by atoms with Crippen molar-refractivity contribution in [3.05, 3.63) is 23.8 Å². The maximum Gasteiger partial charge on any atom is 0.194 e. The highest BCUT2D eigenvalue weighted by molar-refractivity contribution is 7.90. The Bertz CT molecular complexity index is 310. The number of hydrogen-bond acceptors (Lipinski definition) is 3. The van der Waals surface area contributed by atoms with Gasteiger partial charge in [0.2, 0.25) is 0 Å². The highest BCUT2D eigenvalue weighted by atomic mass is 32.2. The minimum absolute atomic E-state index is 0.491. The SMILES string of the molecule is COc1cc(C=O)ccc1[S+](C)[O-]. The molecule has 1 aromatic rings. The number of aldehydes is 1. The van der Waals surface area contributed by atoms with Gasteiger partial charge >= 0.3 is 0 Å². The molecule has 1 unspecified atom stereocenters. The normalized spacial score (nSPS) is 12.2. The molecule has 1 rings (SSSR count). The van der Waals surface area contributed by atoms with E-state index in [9.17, 15) is 9.35 Å². The fraction of sp³-hybridized carbons (Fsp3) is 0.222. The minimum Gasteiger partial charge on any atom is -0.612 e. The van der Waals surface area contributed by atoms with Crippen LogP contribution < -0.4 is 4.74 Å². The molecular weight excluding hydrogens is 188 g/mol. The molecule has 0 saturated carbocycles. The van der Waals surface area contributed by atoms with E-state index in [0.29, 0.717) is 16.2 Å². The third-order valence-corrected chi connectivity index (χ3v) is 2.59. The molecule has 4 heteroatoms. The van der Waals surface area contributed by atoms with Gasteiger partial charge in [-0.25, -0.2) is 0 Å². The van der Waals surface area contributed by atoms with Crippen LogP contribution in [-0.4, -0.2) is 24.2 Å². The average Bonchev–Trinajstić information content (AvgIpc) is 2.16.